The van der Waals surface area contributed by atoms with E-state index in [2.05, 4.69) is 58.4 Å². The predicted octanol–water partition coefficient (Wildman–Crippen LogP) is 5.88. The maximum Gasteiger partial charge on any atom is 0.320 e. The van der Waals surface area contributed by atoms with Gasteiger partial charge < -0.3 is 20.1 Å². The molecular formula is C39H51N9O4. The Kier molecular flexibility index (Phi) is 10.4. The van der Waals surface area contributed by atoms with Gasteiger partial charge in [0.2, 0.25) is 5.82 Å². The topological polar surface area (TPSA) is 148 Å². The molecule has 3 aliphatic rings. The zero-order valence-corrected chi connectivity index (χ0v) is 30.8. The summed E-state index contributed by atoms with van der Waals surface area (Å²) in [6.07, 6.45) is 8.68. The van der Waals surface area contributed by atoms with E-state index in [1.807, 2.05) is 57.3 Å². The molecule has 0 bridgehead atoms. The Labute approximate surface area is 305 Å². The number of urea groups is 1. The Bertz CT molecular complexity index is 1890. The fourth-order valence-corrected chi connectivity index (χ4v) is 7.63. The number of rotatable bonds is 10. The number of benzene rings is 1. The van der Waals surface area contributed by atoms with E-state index >= 15 is 0 Å². The highest BCUT2D eigenvalue weighted by molar-refractivity contribution is 5.92. The van der Waals surface area contributed by atoms with E-state index in [0.29, 0.717) is 25.1 Å². The molecule has 0 radical (unpaired) electrons. The van der Waals surface area contributed by atoms with E-state index in [1.54, 1.807) is 6.07 Å². The minimum Gasteiger partial charge on any atom is -0.484 e. The number of nitrogens with one attached hydrogen (secondary N) is 3. The van der Waals surface area contributed by atoms with Crippen molar-refractivity contribution in [2.24, 2.45) is 0 Å². The molecule has 0 unspecified atom stereocenters. The van der Waals surface area contributed by atoms with Crippen molar-refractivity contribution in [1.29, 1.82) is 0 Å². The van der Waals surface area contributed by atoms with E-state index in [-0.39, 0.29) is 40.5 Å². The van der Waals surface area contributed by atoms with Crippen molar-refractivity contribution < 1.29 is 19.1 Å². The molecule has 1 aliphatic heterocycles. The molecule has 0 spiro atoms. The van der Waals surface area contributed by atoms with Crippen molar-refractivity contribution in [3.8, 4) is 5.75 Å². The zero-order chi connectivity index (χ0) is 36.3. The number of carbonyl (C=O) groups excluding carboxylic acids is 2. The molecule has 3 amide bonds. The minimum atomic E-state index is -0.402. The molecule has 2 fully saturated rings. The van der Waals surface area contributed by atoms with Crippen LogP contribution in [0.4, 0.5) is 10.6 Å². The van der Waals surface area contributed by atoms with Crippen LogP contribution in [0, 0.1) is 0 Å². The number of nitrogens with zero attached hydrogens (tertiary/aromatic N) is 6. The molecule has 3 aromatic heterocycles. The van der Waals surface area contributed by atoms with Crippen molar-refractivity contribution in [2.75, 3.05) is 44.7 Å². The molecule has 13 heteroatoms. The molecule has 4 aromatic rings. The lowest BCUT2D eigenvalue weighted by molar-refractivity contribution is 0.0374. The third-order valence-corrected chi connectivity index (χ3v) is 10.6. The highest BCUT2D eigenvalue weighted by Crippen LogP contribution is 2.41. The standard InChI is InChI=1S/C39H51N9O4/c1-38(2,3)31-24-32(43-34(42-31)35(49)40-18-9-19-47-20-22-51-23-21-47)44-37(50)41-29-13-14-30(28-11-6-5-10-27(28)29)52-26-12-15-33-45-46-36(48(33)25-26)39(4)16-7-8-17-39/h5-6,10-12,15,24-25,29-30H,7-9,13-14,16-23H2,1-4H3,(H,40,49)(H2,41,42,43,44,50)/t29-,30+/m0/s1. The summed E-state index contributed by atoms with van der Waals surface area (Å²) in [5.74, 6) is 1.70. The van der Waals surface area contributed by atoms with E-state index in [9.17, 15) is 9.59 Å². The summed E-state index contributed by atoms with van der Waals surface area (Å²) in [6.45, 7) is 13.0. The van der Waals surface area contributed by atoms with Gasteiger partial charge in [0.25, 0.3) is 5.91 Å². The van der Waals surface area contributed by atoms with E-state index < -0.39 is 6.03 Å². The minimum absolute atomic E-state index is 0.0200. The predicted molar refractivity (Wildman–Crippen MR) is 198 cm³/mol. The third kappa shape index (κ3) is 8.05. The summed E-state index contributed by atoms with van der Waals surface area (Å²) in [5.41, 5.74) is 3.18. The second-order valence-electron chi connectivity index (χ2n) is 15.6. The molecule has 1 aromatic carbocycles. The average molecular weight is 710 g/mol. The van der Waals surface area contributed by atoms with E-state index in [1.165, 1.54) is 12.8 Å². The van der Waals surface area contributed by atoms with E-state index in [0.717, 1.165) is 80.5 Å². The number of morpholine rings is 1. The van der Waals surface area contributed by atoms with Gasteiger partial charge in [-0.05, 0) is 61.9 Å². The molecule has 3 N–H and O–H groups in total. The van der Waals surface area contributed by atoms with Gasteiger partial charge in [0.05, 0.1) is 31.1 Å². The first kappa shape index (κ1) is 35.8. The van der Waals surface area contributed by atoms with Gasteiger partial charge in [0.1, 0.15) is 23.5 Å². The molecule has 1 saturated heterocycles. The highest BCUT2D eigenvalue weighted by Gasteiger charge is 2.35. The fraction of sp³-hybridized carbons (Fsp3) is 0.538. The Hall–Kier alpha value is -4.62. The number of hydrogen-bond donors (Lipinski definition) is 3. The van der Waals surface area contributed by atoms with Crippen LogP contribution in [-0.2, 0) is 15.6 Å². The van der Waals surface area contributed by atoms with Crippen molar-refractivity contribution in [1.82, 2.24) is 40.1 Å². The summed E-state index contributed by atoms with van der Waals surface area (Å²) in [5, 5.41) is 18.0. The number of carbonyl (C=O) groups is 2. The molecular weight excluding hydrogens is 658 g/mol. The maximum atomic E-state index is 13.5. The highest BCUT2D eigenvalue weighted by atomic mass is 16.5. The number of amides is 3. The average Bonchev–Trinajstić information content (AvgIpc) is 3.78. The van der Waals surface area contributed by atoms with Crippen LogP contribution in [0.25, 0.3) is 5.65 Å². The zero-order valence-electron chi connectivity index (χ0n) is 30.8. The molecule has 13 nitrogen and oxygen atoms in total. The molecule has 2 aliphatic carbocycles. The van der Waals surface area contributed by atoms with Crippen LogP contribution in [0.2, 0.25) is 0 Å². The summed E-state index contributed by atoms with van der Waals surface area (Å²) in [7, 11) is 0. The van der Waals surface area contributed by atoms with Gasteiger partial charge in [0.15, 0.2) is 5.65 Å². The lowest BCUT2D eigenvalue weighted by Crippen LogP contribution is -2.38. The van der Waals surface area contributed by atoms with Crippen LogP contribution in [0.3, 0.4) is 0 Å². The second-order valence-corrected chi connectivity index (χ2v) is 15.6. The molecule has 4 heterocycles. The second kappa shape index (κ2) is 15.2. The quantitative estimate of drug-likeness (QED) is 0.172. The monoisotopic (exact) mass is 709 g/mol. The number of ether oxygens (including phenoxy) is 2. The first-order chi connectivity index (χ1) is 25.1. The lowest BCUT2D eigenvalue weighted by Gasteiger charge is -2.32. The maximum absolute atomic E-state index is 13.5. The van der Waals surface area contributed by atoms with Gasteiger partial charge in [-0.15, -0.1) is 10.2 Å². The van der Waals surface area contributed by atoms with Crippen LogP contribution < -0.4 is 20.7 Å². The van der Waals surface area contributed by atoms with Crippen LogP contribution in [0.15, 0.2) is 48.7 Å². The van der Waals surface area contributed by atoms with Gasteiger partial charge in [-0.25, -0.2) is 14.8 Å². The summed E-state index contributed by atoms with van der Waals surface area (Å²) < 4.78 is 14.1. The smallest absolute Gasteiger partial charge is 0.320 e. The van der Waals surface area contributed by atoms with Crippen LogP contribution >= 0.6 is 0 Å². The van der Waals surface area contributed by atoms with Crippen molar-refractivity contribution >= 4 is 23.4 Å². The van der Waals surface area contributed by atoms with Crippen LogP contribution in [0.5, 0.6) is 5.75 Å². The van der Waals surface area contributed by atoms with Gasteiger partial charge in [-0.1, -0.05) is 64.8 Å². The molecule has 276 valence electrons. The Morgan fingerprint density at radius 3 is 2.54 bits per heavy atom. The largest absolute Gasteiger partial charge is 0.484 e. The van der Waals surface area contributed by atoms with Gasteiger partial charge in [-0.2, -0.15) is 0 Å². The molecule has 7 rings (SSSR count). The first-order valence-electron chi connectivity index (χ1n) is 18.7. The third-order valence-electron chi connectivity index (χ3n) is 10.6. The Morgan fingerprint density at radius 2 is 1.77 bits per heavy atom. The van der Waals surface area contributed by atoms with Crippen molar-refractivity contribution in [3.63, 3.8) is 0 Å². The normalized spacial score (nSPS) is 20.3. The fourth-order valence-electron chi connectivity index (χ4n) is 7.63. The molecule has 1 saturated carbocycles. The SMILES string of the molecule is CC(C)(C)c1cc(NC(=O)N[C@H]2CC[C@@H](Oc3ccc4nnc(C5(C)CCCC5)n4c3)c3ccccc32)nc(C(=O)NCCCN2CCOCC2)n1. The van der Waals surface area contributed by atoms with E-state index in [4.69, 9.17) is 9.47 Å². The number of pyridine rings is 1. The number of anilines is 1. The van der Waals surface area contributed by atoms with Gasteiger partial charge in [0, 0.05) is 36.5 Å². The molecule has 2 atom stereocenters. The van der Waals surface area contributed by atoms with Crippen LogP contribution in [0.1, 0.15) is 118 Å². The van der Waals surface area contributed by atoms with Gasteiger partial charge >= 0.3 is 6.03 Å². The van der Waals surface area contributed by atoms with Crippen LogP contribution in [-0.4, -0.2) is 80.8 Å². The summed E-state index contributed by atoms with van der Waals surface area (Å²) >= 11 is 0. The van der Waals surface area contributed by atoms with Gasteiger partial charge in [-0.3, -0.25) is 19.4 Å². The number of hydrogen-bond acceptors (Lipinski definition) is 9. The Morgan fingerprint density at radius 1 is 1.00 bits per heavy atom. The van der Waals surface area contributed by atoms with Crippen molar-refractivity contribution in [2.45, 2.75) is 95.6 Å². The molecule has 52 heavy (non-hydrogen) atoms. The summed E-state index contributed by atoms with van der Waals surface area (Å²) in [6, 6.07) is 13.1. The number of fused-ring (bicyclic) bond motifs is 2. The number of aromatic nitrogens is 5. The van der Waals surface area contributed by atoms with Crippen molar-refractivity contribution in [3.05, 3.63) is 77.1 Å². The summed E-state index contributed by atoms with van der Waals surface area (Å²) in [4.78, 5) is 38.0. The Balaban J connectivity index is 1.01. The lowest BCUT2D eigenvalue weighted by atomic mass is 9.85. The first-order valence-corrected chi connectivity index (χ1v) is 18.7.